The Labute approximate surface area is 228 Å². The van der Waals surface area contributed by atoms with Crippen LogP contribution in [0.5, 0.6) is 17.2 Å². The first kappa shape index (κ1) is 31.2. The Hall–Kier alpha value is -4.06. The molecule has 2 saturated heterocycles. The van der Waals surface area contributed by atoms with Crippen LogP contribution in [-0.2, 0) is 19.2 Å². The summed E-state index contributed by atoms with van der Waals surface area (Å²) in [5, 5.41) is 15.6. The Bertz CT molecular complexity index is 1020. The molecule has 1 aromatic carbocycles. The third-order valence-corrected chi connectivity index (χ3v) is 6.23. The lowest BCUT2D eigenvalue weighted by Gasteiger charge is -2.35. The van der Waals surface area contributed by atoms with Crippen LogP contribution >= 0.6 is 0 Å². The van der Waals surface area contributed by atoms with E-state index in [1.54, 1.807) is 45.6 Å². The van der Waals surface area contributed by atoms with Crippen LogP contribution in [0.25, 0.3) is 6.08 Å². The Balaban J connectivity index is 0.000000580. The highest BCUT2D eigenvalue weighted by Gasteiger charge is 2.24. The number of methoxy groups -OCH3 is 3. The Morgan fingerprint density at radius 1 is 0.744 bits per heavy atom. The summed E-state index contributed by atoms with van der Waals surface area (Å²) in [5.41, 5.74) is 0.786. The van der Waals surface area contributed by atoms with Crippen molar-refractivity contribution in [3.05, 3.63) is 35.9 Å². The molecule has 12 nitrogen and oxygen atoms in total. The molecule has 0 saturated carbocycles. The van der Waals surface area contributed by atoms with Gasteiger partial charge in [0.1, 0.15) is 0 Å². The normalized spacial score (nSPS) is 16.0. The van der Waals surface area contributed by atoms with E-state index in [4.69, 9.17) is 24.4 Å². The van der Waals surface area contributed by atoms with Crippen LogP contribution < -0.4 is 14.2 Å². The van der Waals surface area contributed by atoms with Gasteiger partial charge in [0.15, 0.2) is 11.5 Å². The molecule has 0 radical (unpaired) electrons. The number of aliphatic carboxylic acids is 2. The number of nitrogens with zero attached hydrogens (tertiary/aromatic N) is 3. The van der Waals surface area contributed by atoms with Gasteiger partial charge in [-0.3, -0.25) is 14.5 Å². The predicted octanol–water partition coefficient (Wildman–Crippen LogP) is 1.59. The van der Waals surface area contributed by atoms with Gasteiger partial charge in [-0.25, -0.2) is 9.59 Å². The van der Waals surface area contributed by atoms with Crippen LogP contribution in [0.15, 0.2) is 30.4 Å². The van der Waals surface area contributed by atoms with Crippen LogP contribution in [0.1, 0.15) is 24.8 Å². The lowest BCUT2D eigenvalue weighted by molar-refractivity contribution is -0.134. The molecule has 2 amide bonds. The van der Waals surface area contributed by atoms with Crippen molar-refractivity contribution in [3.8, 4) is 17.2 Å². The molecule has 0 spiro atoms. The third kappa shape index (κ3) is 10.3. The van der Waals surface area contributed by atoms with Gasteiger partial charge in [-0.2, -0.15) is 0 Å². The molecule has 0 aliphatic carbocycles. The Kier molecular flexibility index (Phi) is 12.8. The summed E-state index contributed by atoms with van der Waals surface area (Å²) < 4.78 is 16.0. The Morgan fingerprint density at radius 2 is 1.28 bits per heavy atom. The van der Waals surface area contributed by atoms with Crippen molar-refractivity contribution >= 4 is 29.8 Å². The first-order valence-corrected chi connectivity index (χ1v) is 12.6. The van der Waals surface area contributed by atoms with Gasteiger partial charge >= 0.3 is 11.9 Å². The summed E-state index contributed by atoms with van der Waals surface area (Å²) in [6.07, 6.45) is 7.85. The summed E-state index contributed by atoms with van der Waals surface area (Å²) in [4.78, 5) is 50.1. The number of carbonyl (C=O) groups excluding carboxylic acids is 2. The van der Waals surface area contributed by atoms with Crippen molar-refractivity contribution in [3.63, 3.8) is 0 Å². The zero-order chi connectivity index (χ0) is 28.8. The molecular formula is C27H37N3O9. The van der Waals surface area contributed by atoms with Gasteiger partial charge in [-0.1, -0.05) is 0 Å². The van der Waals surface area contributed by atoms with E-state index in [9.17, 15) is 19.2 Å². The van der Waals surface area contributed by atoms with Crippen molar-refractivity contribution in [2.75, 3.05) is 67.1 Å². The van der Waals surface area contributed by atoms with Crippen molar-refractivity contribution in [1.29, 1.82) is 0 Å². The molecule has 12 heteroatoms. The van der Waals surface area contributed by atoms with Crippen molar-refractivity contribution in [2.45, 2.75) is 19.3 Å². The van der Waals surface area contributed by atoms with Crippen LogP contribution in [0.2, 0.25) is 0 Å². The Morgan fingerprint density at radius 3 is 1.74 bits per heavy atom. The minimum atomic E-state index is -1.26. The van der Waals surface area contributed by atoms with Crippen molar-refractivity contribution < 1.29 is 43.6 Å². The fourth-order valence-corrected chi connectivity index (χ4v) is 4.17. The van der Waals surface area contributed by atoms with E-state index in [-0.39, 0.29) is 11.8 Å². The molecule has 0 unspecified atom stereocenters. The van der Waals surface area contributed by atoms with E-state index in [0.717, 1.165) is 31.5 Å². The van der Waals surface area contributed by atoms with E-state index >= 15 is 0 Å². The number of ether oxygens (including phenoxy) is 3. The molecule has 2 fully saturated rings. The van der Waals surface area contributed by atoms with Crippen molar-refractivity contribution in [2.24, 2.45) is 0 Å². The number of hydrogen-bond donors (Lipinski definition) is 2. The molecule has 2 heterocycles. The number of rotatable bonds is 9. The van der Waals surface area contributed by atoms with Crippen LogP contribution in [0.4, 0.5) is 0 Å². The second-order valence-electron chi connectivity index (χ2n) is 8.84. The maximum absolute atomic E-state index is 12.6. The highest BCUT2D eigenvalue weighted by molar-refractivity contribution is 5.92. The van der Waals surface area contributed by atoms with E-state index < -0.39 is 11.9 Å². The van der Waals surface area contributed by atoms with E-state index in [0.29, 0.717) is 62.1 Å². The zero-order valence-corrected chi connectivity index (χ0v) is 22.6. The quantitative estimate of drug-likeness (QED) is 0.437. The largest absolute Gasteiger partial charge is 0.493 e. The highest BCUT2D eigenvalue weighted by Crippen LogP contribution is 2.38. The number of likely N-dealkylation sites (tertiary alicyclic amines) is 1. The number of carbonyl (C=O) groups is 4. The van der Waals surface area contributed by atoms with Gasteiger partial charge < -0.3 is 34.2 Å². The maximum atomic E-state index is 12.6. The van der Waals surface area contributed by atoms with Gasteiger partial charge in [-0.05, 0) is 43.0 Å². The number of carboxylic acids is 2. The number of piperidine rings is 1. The first-order valence-electron chi connectivity index (χ1n) is 12.6. The van der Waals surface area contributed by atoms with Crippen LogP contribution in [0.3, 0.4) is 0 Å². The van der Waals surface area contributed by atoms with Crippen molar-refractivity contribution in [1.82, 2.24) is 14.7 Å². The monoisotopic (exact) mass is 547 g/mol. The topological polar surface area (TPSA) is 146 Å². The molecule has 3 rings (SSSR count). The molecule has 0 bridgehead atoms. The molecular weight excluding hydrogens is 510 g/mol. The standard InChI is InChI=1S/C23H33N3O5.C4H4O4/c1-29-19-15-18(16-20(30-2)23(19)31-3)7-8-21(27)26-13-11-24(12-14-26)17-22(28)25-9-5-4-6-10-25;5-3(6)1-2-4(7)8/h7-8,15-16H,4-6,9-14,17H2,1-3H3;1-2H,(H,5,6)(H,7,8). The molecule has 1 aromatic rings. The molecule has 2 aliphatic heterocycles. The maximum Gasteiger partial charge on any atom is 0.328 e. The summed E-state index contributed by atoms with van der Waals surface area (Å²) >= 11 is 0. The molecule has 2 N–H and O–H groups in total. The lowest BCUT2D eigenvalue weighted by Crippen LogP contribution is -2.51. The summed E-state index contributed by atoms with van der Waals surface area (Å²) in [7, 11) is 4.68. The van der Waals surface area contributed by atoms with Gasteiger partial charge in [0.2, 0.25) is 17.6 Å². The fraction of sp³-hybridized carbons (Fsp3) is 0.481. The van der Waals surface area contributed by atoms with E-state index in [2.05, 4.69) is 4.90 Å². The van der Waals surface area contributed by atoms with Gasteiger partial charge in [0.25, 0.3) is 0 Å². The smallest absolute Gasteiger partial charge is 0.328 e. The zero-order valence-electron chi connectivity index (χ0n) is 22.6. The number of benzene rings is 1. The molecule has 0 aromatic heterocycles. The number of amides is 2. The minimum Gasteiger partial charge on any atom is -0.493 e. The molecule has 39 heavy (non-hydrogen) atoms. The van der Waals surface area contributed by atoms with Gasteiger partial charge in [-0.15, -0.1) is 0 Å². The molecule has 214 valence electrons. The average Bonchev–Trinajstić information content (AvgIpc) is 2.95. The molecule has 0 atom stereocenters. The second-order valence-corrected chi connectivity index (χ2v) is 8.84. The second kappa shape index (κ2) is 16.0. The average molecular weight is 548 g/mol. The third-order valence-electron chi connectivity index (χ3n) is 6.23. The van der Waals surface area contributed by atoms with E-state index in [1.165, 1.54) is 6.42 Å². The fourth-order valence-electron chi connectivity index (χ4n) is 4.17. The van der Waals surface area contributed by atoms with Crippen LogP contribution in [-0.4, -0.2) is 116 Å². The number of hydrogen-bond acceptors (Lipinski definition) is 8. The predicted molar refractivity (Wildman–Crippen MR) is 143 cm³/mol. The number of piperazine rings is 1. The first-order chi connectivity index (χ1) is 18.7. The molecule has 2 aliphatic rings. The minimum absolute atomic E-state index is 0.0456. The summed E-state index contributed by atoms with van der Waals surface area (Å²) in [5.74, 6) is -0.747. The van der Waals surface area contributed by atoms with E-state index in [1.807, 2.05) is 9.80 Å². The van der Waals surface area contributed by atoms with Crippen LogP contribution in [0, 0.1) is 0 Å². The lowest BCUT2D eigenvalue weighted by atomic mass is 10.1. The highest BCUT2D eigenvalue weighted by atomic mass is 16.5. The van der Waals surface area contributed by atoms with Gasteiger partial charge in [0.05, 0.1) is 27.9 Å². The SMILES string of the molecule is COc1cc(C=CC(=O)N2CCN(CC(=O)N3CCCCC3)CC2)cc(OC)c1OC.O=C(O)C=CC(=O)O. The number of carboxylic acid groups (broad SMARTS) is 2. The van der Waals surface area contributed by atoms with Gasteiger partial charge in [0, 0.05) is 57.5 Å². The summed E-state index contributed by atoms with van der Waals surface area (Å²) in [6, 6.07) is 3.60. The summed E-state index contributed by atoms with van der Waals surface area (Å²) in [6.45, 7) is 4.86.